The second-order valence-corrected chi connectivity index (χ2v) is 9.40. The number of sulfone groups is 1. The van der Waals surface area contributed by atoms with E-state index in [-0.39, 0.29) is 11.5 Å². The summed E-state index contributed by atoms with van der Waals surface area (Å²) in [5, 5.41) is 0. The maximum Gasteiger partial charge on any atom is 0.413 e. The zero-order chi connectivity index (χ0) is 19.0. The first-order valence-electron chi connectivity index (χ1n) is 7.95. The lowest BCUT2D eigenvalue weighted by Gasteiger charge is -2.35. The molecule has 2 rings (SSSR count). The predicted molar refractivity (Wildman–Crippen MR) is 90.4 cm³/mol. The van der Waals surface area contributed by atoms with Crippen molar-refractivity contribution in [1.82, 2.24) is 4.90 Å². The third kappa shape index (κ3) is 4.12. The number of hydrogen-bond donors (Lipinski definition) is 0. The van der Waals surface area contributed by atoms with Gasteiger partial charge in [-0.1, -0.05) is 18.2 Å². The molecule has 2 atom stereocenters. The van der Waals surface area contributed by atoms with Crippen LogP contribution in [0.5, 0.6) is 0 Å². The molecule has 0 aromatic heterocycles. The van der Waals surface area contributed by atoms with Gasteiger partial charge in [0.1, 0.15) is 17.4 Å². The molecule has 1 heterocycles. The Labute approximate surface area is 147 Å². The van der Waals surface area contributed by atoms with Crippen LogP contribution in [-0.2, 0) is 19.3 Å². The van der Waals surface area contributed by atoms with E-state index in [1.807, 2.05) is 0 Å². The molecular weight excluding hydrogens is 349 g/mol. The fraction of sp³-hybridized carbons (Fsp3) is 0.588. The minimum Gasteiger partial charge on any atom is -0.444 e. The Bertz CT molecular complexity index is 727. The Morgan fingerprint density at radius 3 is 2.40 bits per heavy atom. The summed E-state index contributed by atoms with van der Waals surface area (Å²) in [6.07, 6.45) is -0.814. The lowest BCUT2D eigenvalue weighted by atomic mass is 10.2. The third-order valence-corrected chi connectivity index (χ3v) is 5.62. The van der Waals surface area contributed by atoms with Crippen molar-refractivity contribution in [3.05, 3.63) is 30.3 Å². The van der Waals surface area contributed by atoms with Crippen LogP contribution >= 0.6 is 0 Å². The normalized spacial score (nSPS) is 21.8. The summed E-state index contributed by atoms with van der Waals surface area (Å²) in [6.45, 7) is 7.93. The van der Waals surface area contributed by atoms with E-state index >= 15 is 4.39 Å². The van der Waals surface area contributed by atoms with E-state index in [9.17, 15) is 13.2 Å². The molecule has 0 aliphatic carbocycles. The summed E-state index contributed by atoms with van der Waals surface area (Å²) >= 11 is 0. The Kier molecular flexibility index (Phi) is 5.16. The topological polar surface area (TPSA) is 72.9 Å². The van der Waals surface area contributed by atoms with Crippen molar-refractivity contribution in [3.8, 4) is 0 Å². The molecule has 1 amide bonds. The van der Waals surface area contributed by atoms with Gasteiger partial charge in [-0.25, -0.2) is 17.6 Å². The van der Waals surface area contributed by atoms with Gasteiger partial charge in [-0.3, -0.25) is 4.90 Å². The molecule has 6 nitrogen and oxygen atoms in total. The number of amides is 1. The van der Waals surface area contributed by atoms with E-state index in [1.54, 1.807) is 40.7 Å². The third-order valence-electron chi connectivity index (χ3n) is 3.78. The van der Waals surface area contributed by atoms with Gasteiger partial charge in [-0.2, -0.15) is 0 Å². The molecular formula is C17H24FNO5S. The highest BCUT2D eigenvalue weighted by Crippen LogP contribution is 2.34. The van der Waals surface area contributed by atoms with Crippen molar-refractivity contribution in [2.45, 2.75) is 62.4 Å². The standard InChI is InChI=1S/C17H24FNO5S/c1-16(2,3)24-15(20)19-13(11-23-17(19,4)5)14(18)25(21,22)12-9-7-6-8-10-12/h6-10,13-14H,11H2,1-5H3/t13-,14+/m0/s1. The minimum absolute atomic E-state index is 0.142. The summed E-state index contributed by atoms with van der Waals surface area (Å²) in [7, 11) is -4.28. The van der Waals surface area contributed by atoms with Gasteiger partial charge < -0.3 is 9.47 Å². The molecule has 1 fully saturated rings. The molecule has 25 heavy (non-hydrogen) atoms. The highest BCUT2D eigenvalue weighted by Gasteiger charge is 2.52. The number of ether oxygens (including phenoxy) is 2. The van der Waals surface area contributed by atoms with Crippen molar-refractivity contribution in [3.63, 3.8) is 0 Å². The molecule has 0 spiro atoms. The van der Waals surface area contributed by atoms with Crippen LogP contribution in [0.1, 0.15) is 34.6 Å². The van der Waals surface area contributed by atoms with Crippen LogP contribution in [0.25, 0.3) is 0 Å². The Morgan fingerprint density at radius 2 is 1.88 bits per heavy atom. The number of nitrogens with zero attached hydrogens (tertiary/aromatic N) is 1. The molecule has 1 aromatic rings. The lowest BCUT2D eigenvalue weighted by Crippen LogP contribution is -2.53. The molecule has 0 bridgehead atoms. The second-order valence-electron chi connectivity index (χ2n) is 7.38. The van der Waals surface area contributed by atoms with Crippen molar-refractivity contribution >= 4 is 15.9 Å². The molecule has 8 heteroatoms. The number of hydrogen-bond acceptors (Lipinski definition) is 5. The van der Waals surface area contributed by atoms with Crippen LogP contribution in [0.4, 0.5) is 9.18 Å². The summed E-state index contributed by atoms with van der Waals surface area (Å²) in [6, 6.07) is 6.01. The molecule has 1 aromatic carbocycles. The highest BCUT2D eigenvalue weighted by molar-refractivity contribution is 7.92. The summed E-state index contributed by atoms with van der Waals surface area (Å²) in [4.78, 5) is 13.4. The van der Waals surface area contributed by atoms with Gasteiger partial charge in [-0.15, -0.1) is 0 Å². The largest absolute Gasteiger partial charge is 0.444 e. The molecule has 0 unspecified atom stereocenters. The molecule has 0 N–H and O–H groups in total. The zero-order valence-corrected chi connectivity index (χ0v) is 15.8. The zero-order valence-electron chi connectivity index (χ0n) is 15.0. The number of alkyl halides is 1. The number of rotatable bonds is 3. The van der Waals surface area contributed by atoms with E-state index in [1.165, 1.54) is 24.3 Å². The number of halogens is 1. The predicted octanol–water partition coefficient (Wildman–Crippen LogP) is 3.13. The molecule has 140 valence electrons. The van der Waals surface area contributed by atoms with Gasteiger partial charge in [0.2, 0.25) is 15.3 Å². The first-order valence-corrected chi connectivity index (χ1v) is 9.50. The van der Waals surface area contributed by atoms with Gasteiger partial charge >= 0.3 is 6.09 Å². The number of carbonyl (C=O) groups excluding carboxylic acids is 1. The Hall–Kier alpha value is -1.67. The van der Waals surface area contributed by atoms with Crippen molar-refractivity contribution in [1.29, 1.82) is 0 Å². The van der Waals surface area contributed by atoms with Crippen LogP contribution in [0.2, 0.25) is 0 Å². The Balaban J connectivity index is 2.34. The van der Waals surface area contributed by atoms with Crippen LogP contribution in [0.3, 0.4) is 0 Å². The summed E-state index contributed by atoms with van der Waals surface area (Å²) < 4.78 is 51.0. The average molecular weight is 373 g/mol. The quantitative estimate of drug-likeness (QED) is 0.814. The van der Waals surface area contributed by atoms with Crippen LogP contribution < -0.4 is 0 Å². The number of carbonyl (C=O) groups is 1. The van der Waals surface area contributed by atoms with Gasteiger partial charge in [0.15, 0.2) is 0 Å². The second kappa shape index (κ2) is 6.57. The lowest BCUT2D eigenvalue weighted by molar-refractivity contribution is -0.0637. The van der Waals surface area contributed by atoms with E-state index < -0.39 is 38.8 Å². The van der Waals surface area contributed by atoms with Crippen molar-refractivity contribution < 1.29 is 27.1 Å². The summed E-state index contributed by atoms with van der Waals surface area (Å²) in [5.74, 6) is 0. The number of benzene rings is 1. The van der Waals surface area contributed by atoms with Crippen LogP contribution in [0.15, 0.2) is 35.2 Å². The van der Waals surface area contributed by atoms with E-state index in [0.29, 0.717) is 0 Å². The first-order chi connectivity index (χ1) is 11.4. The van der Waals surface area contributed by atoms with Gasteiger partial charge in [0, 0.05) is 0 Å². The van der Waals surface area contributed by atoms with Gasteiger partial charge in [0.05, 0.1) is 11.5 Å². The Morgan fingerprint density at radius 1 is 1.32 bits per heavy atom. The van der Waals surface area contributed by atoms with E-state index in [4.69, 9.17) is 9.47 Å². The fourth-order valence-corrected chi connectivity index (χ4v) is 4.05. The summed E-state index contributed by atoms with van der Waals surface area (Å²) in [5.41, 5.74) is -4.31. The maximum atomic E-state index is 15.0. The fourth-order valence-electron chi connectivity index (χ4n) is 2.64. The van der Waals surface area contributed by atoms with E-state index in [0.717, 1.165) is 4.90 Å². The average Bonchev–Trinajstić information content (AvgIpc) is 2.81. The monoisotopic (exact) mass is 373 g/mol. The highest BCUT2D eigenvalue weighted by atomic mass is 32.2. The SMILES string of the molecule is CC(C)(C)OC(=O)N1[C@H]([C@H](F)S(=O)(=O)c2ccccc2)COC1(C)C. The minimum atomic E-state index is -4.28. The van der Waals surface area contributed by atoms with Gasteiger partial charge in [-0.05, 0) is 46.8 Å². The molecule has 1 saturated heterocycles. The van der Waals surface area contributed by atoms with E-state index in [2.05, 4.69) is 0 Å². The molecule has 0 saturated carbocycles. The van der Waals surface area contributed by atoms with Crippen molar-refractivity contribution in [2.75, 3.05) is 6.61 Å². The smallest absolute Gasteiger partial charge is 0.413 e. The molecule has 0 radical (unpaired) electrons. The maximum absolute atomic E-state index is 15.0. The first kappa shape index (κ1) is 19.7. The van der Waals surface area contributed by atoms with Crippen LogP contribution in [-0.4, -0.2) is 48.9 Å². The van der Waals surface area contributed by atoms with Crippen LogP contribution in [0, 0.1) is 0 Å². The van der Waals surface area contributed by atoms with Gasteiger partial charge in [0.25, 0.3) is 0 Å². The molecule has 1 aliphatic heterocycles. The molecule has 1 aliphatic rings. The van der Waals surface area contributed by atoms with Crippen molar-refractivity contribution in [2.24, 2.45) is 0 Å².